The molecule has 2 aromatic rings. The van der Waals surface area contributed by atoms with Crippen LogP contribution in [0.4, 0.5) is 0 Å². The average Bonchev–Trinajstić information content (AvgIpc) is 2.92. The first-order chi connectivity index (χ1) is 9.24. The molecule has 0 unspecified atom stereocenters. The van der Waals surface area contributed by atoms with Gasteiger partial charge in [-0.1, -0.05) is 0 Å². The van der Waals surface area contributed by atoms with E-state index in [0.717, 1.165) is 12.4 Å². The molecule has 0 aliphatic rings. The van der Waals surface area contributed by atoms with Gasteiger partial charge in [0.25, 0.3) is 0 Å². The summed E-state index contributed by atoms with van der Waals surface area (Å²) in [7, 11) is 1.35. The third-order valence-electron chi connectivity index (χ3n) is 2.64. The zero-order valence-corrected chi connectivity index (χ0v) is 10.9. The average molecular weight is 261 g/mol. The Morgan fingerprint density at radius 1 is 1.32 bits per heavy atom. The highest BCUT2D eigenvalue weighted by Crippen LogP contribution is 2.14. The number of benzene rings is 1. The lowest BCUT2D eigenvalue weighted by atomic mass is 10.2. The van der Waals surface area contributed by atoms with Crippen molar-refractivity contribution in [2.24, 2.45) is 0 Å². The van der Waals surface area contributed by atoms with Gasteiger partial charge < -0.3 is 9.47 Å². The van der Waals surface area contributed by atoms with Crippen LogP contribution in [0.2, 0.25) is 0 Å². The van der Waals surface area contributed by atoms with Crippen LogP contribution in [0.1, 0.15) is 23.1 Å². The molecule has 0 amide bonds. The summed E-state index contributed by atoms with van der Waals surface area (Å²) in [6.07, 6.45) is 1.50. The zero-order chi connectivity index (χ0) is 13.7. The lowest BCUT2D eigenvalue weighted by Crippen LogP contribution is -2.07. The number of ether oxygens (including phenoxy) is 2. The molecule has 1 heterocycles. The predicted octanol–water partition coefficient (Wildman–Crippen LogP) is 1.66. The molecule has 0 saturated carbocycles. The Morgan fingerprint density at radius 2 is 2.05 bits per heavy atom. The summed E-state index contributed by atoms with van der Waals surface area (Å²) in [5, 5.41) is 4.06. The Morgan fingerprint density at radius 3 is 2.68 bits per heavy atom. The van der Waals surface area contributed by atoms with Crippen molar-refractivity contribution < 1.29 is 14.3 Å². The molecule has 6 nitrogen and oxygen atoms in total. The van der Waals surface area contributed by atoms with Gasteiger partial charge >= 0.3 is 5.97 Å². The molecule has 0 radical (unpaired) electrons. The number of hydrogen-bond donors (Lipinski definition) is 0. The van der Waals surface area contributed by atoms with Crippen LogP contribution in [-0.4, -0.2) is 27.8 Å². The number of carbonyl (C=O) groups excluding carboxylic acids is 1. The van der Waals surface area contributed by atoms with Gasteiger partial charge in [0, 0.05) is 6.54 Å². The van der Waals surface area contributed by atoms with Crippen LogP contribution >= 0.6 is 0 Å². The van der Waals surface area contributed by atoms with Crippen LogP contribution in [0.5, 0.6) is 5.75 Å². The third-order valence-corrected chi connectivity index (χ3v) is 2.64. The van der Waals surface area contributed by atoms with Crippen molar-refractivity contribution >= 4 is 5.97 Å². The number of carbonyl (C=O) groups is 1. The van der Waals surface area contributed by atoms with Gasteiger partial charge in [-0.3, -0.25) is 0 Å². The summed E-state index contributed by atoms with van der Waals surface area (Å²) in [6, 6.07) is 6.76. The van der Waals surface area contributed by atoms with Crippen LogP contribution in [0.3, 0.4) is 0 Å². The maximum atomic E-state index is 11.3. The van der Waals surface area contributed by atoms with E-state index in [1.54, 1.807) is 28.9 Å². The van der Waals surface area contributed by atoms with Gasteiger partial charge in [0.1, 0.15) is 18.7 Å². The summed E-state index contributed by atoms with van der Waals surface area (Å²) in [5.74, 6) is 1.06. The van der Waals surface area contributed by atoms with E-state index < -0.39 is 0 Å². The van der Waals surface area contributed by atoms with E-state index in [9.17, 15) is 4.79 Å². The molecule has 19 heavy (non-hydrogen) atoms. The van der Waals surface area contributed by atoms with Gasteiger partial charge in [0.2, 0.25) is 0 Å². The molecule has 0 N–H and O–H groups in total. The van der Waals surface area contributed by atoms with Crippen LogP contribution in [0.15, 0.2) is 30.6 Å². The number of hydrogen-bond acceptors (Lipinski definition) is 5. The van der Waals surface area contributed by atoms with E-state index in [0.29, 0.717) is 17.9 Å². The standard InChI is InChI=1S/C13H15N3O3/c1-3-16-12(14-9-15-16)8-19-11-6-4-10(5-7-11)13(17)18-2/h4-7,9H,3,8H2,1-2H3. The molecule has 1 aromatic carbocycles. The van der Waals surface area contributed by atoms with Gasteiger partial charge in [-0.2, -0.15) is 5.10 Å². The normalized spacial score (nSPS) is 10.2. The van der Waals surface area contributed by atoms with Gasteiger partial charge in [0.05, 0.1) is 12.7 Å². The Labute approximate surface area is 111 Å². The number of methoxy groups -OCH3 is 1. The zero-order valence-electron chi connectivity index (χ0n) is 10.9. The van der Waals surface area contributed by atoms with Crippen LogP contribution in [0, 0.1) is 0 Å². The minimum atomic E-state index is -0.364. The highest BCUT2D eigenvalue weighted by atomic mass is 16.5. The molecule has 0 fully saturated rings. The Hall–Kier alpha value is -2.37. The highest BCUT2D eigenvalue weighted by molar-refractivity contribution is 5.89. The number of rotatable bonds is 5. The highest BCUT2D eigenvalue weighted by Gasteiger charge is 2.06. The number of aryl methyl sites for hydroxylation is 1. The molecule has 6 heteroatoms. The molecule has 0 aliphatic carbocycles. The summed E-state index contributed by atoms with van der Waals surface area (Å²) < 4.78 is 12.0. The van der Waals surface area contributed by atoms with Crippen molar-refractivity contribution in [3.05, 3.63) is 42.0 Å². The summed E-state index contributed by atoms with van der Waals surface area (Å²) in [5.41, 5.74) is 0.492. The summed E-state index contributed by atoms with van der Waals surface area (Å²) in [4.78, 5) is 15.4. The van der Waals surface area contributed by atoms with E-state index in [1.165, 1.54) is 13.4 Å². The Bertz CT molecular complexity index is 549. The molecular weight excluding hydrogens is 246 g/mol. The first-order valence-corrected chi connectivity index (χ1v) is 5.92. The molecule has 2 rings (SSSR count). The van der Waals surface area contributed by atoms with Crippen molar-refractivity contribution in [2.45, 2.75) is 20.1 Å². The van der Waals surface area contributed by atoms with E-state index in [4.69, 9.17) is 4.74 Å². The second-order valence-corrected chi connectivity index (χ2v) is 3.80. The Kier molecular flexibility index (Phi) is 4.12. The van der Waals surface area contributed by atoms with E-state index >= 15 is 0 Å². The van der Waals surface area contributed by atoms with Crippen LogP contribution < -0.4 is 4.74 Å². The summed E-state index contributed by atoms with van der Waals surface area (Å²) in [6.45, 7) is 3.08. The van der Waals surface area contributed by atoms with E-state index in [1.807, 2.05) is 6.92 Å². The lowest BCUT2D eigenvalue weighted by molar-refractivity contribution is 0.0600. The monoisotopic (exact) mass is 261 g/mol. The number of esters is 1. The van der Waals surface area contributed by atoms with Crippen LogP contribution in [0.25, 0.3) is 0 Å². The molecule has 0 atom stereocenters. The van der Waals surface area contributed by atoms with Crippen molar-refractivity contribution in [1.29, 1.82) is 0 Å². The maximum absolute atomic E-state index is 11.3. The van der Waals surface area contributed by atoms with Gasteiger partial charge in [-0.05, 0) is 31.2 Å². The van der Waals surface area contributed by atoms with E-state index in [2.05, 4.69) is 14.8 Å². The van der Waals surface area contributed by atoms with Crippen molar-refractivity contribution in [3.8, 4) is 5.75 Å². The molecule has 0 spiro atoms. The maximum Gasteiger partial charge on any atom is 0.337 e. The fourth-order valence-electron chi connectivity index (χ4n) is 1.62. The molecule has 0 saturated heterocycles. The fraction of sp³-hybridized carbons (Fsp3) is 0.308. The summed E-state index contributed by atoms with van der Waals surface area (Å²) >= 11 is 0. The smallest absolute Gasteiger partial charge is 0.337 e. The minimum absolute atomic E-state index is 0.339. The largest absolute Gasteiger partial charge is 0.486 e. The SMILES string of the molecule is CCn1ncnc1COc1ccc(C(=O)OC)cc1. The van der Waals surface area contributed by atoms with Crippen molar-refractivity contribution in [3.63, 3.8) is 0 Å². The first kappa shape index (κ1) is 13.1. The van der Waals surface area contributed by atoms with Crippen LogP contribution in [-0.2, 0) is 17.9 Å². The molecule has 100 valence electrons. The van der Waals surface area contributed by atoms with E-state index in [-0.39, 0.29) is 5.97 Å². The Balaban J connectivity index is 1.98. The first-order valence-electron chi connectivity index (χ1n) is 5.92. The molecule has 1 aromatic heterocycles. The molecule has 0 aliphatic heterocycles. The van der Waals surface area contributed by atoms with Crippen molar-refractivity contribution in [2.75, 3.05) is 7.11 Å². The number of aromatic nitrogens is 3. The topological polar surface area (TPSA) is 66.2 Å². The van der Waals surface area contributed by atoms with Gasteiger partial charge in [-0.15, -0.1) is 0 Å². The molecular formula is C13H15N3O3. The van der Waals surface area contributed by atoms with Gasteiger partial charge in [0.15, 0.2) is 5.82 Å². The third kappa shape index (κ3) is 3.09. The lowest BCUT2D eigenvalue weighted by Gasteiger charge is -2.07. The quantitative estimate of drug-likeness (QED) is 0.766. The minimum Gasteiger partial charge on any atom is -0.486 e. The van der Waals surface area contributed by atoms with Crippen molar-refractivity contribution in [1.82, 2.24) is 14.8 Å². The fourth-order valence-corrected chi connectivity index (χ4v) is 1.62. The molecule has 0 bridgehead atoms. The second kappa shape index (κ2) is 5.99. The van der Waals surface area contributed by atoms with Gasteiger partial charge in [-0.25, -0.2) is 14.5 Å². The predicted molar refractivity (Wildman–Crippen MR) is 67.8 cm³/mol. The second-order valence-electron chi connectivity index (χ2n) is 3.80. The number of nitrogens with zero attached hydrogens (tertiary/aromatic N) is 3.